The summed E-state index contributed by atoms with van der Waals surface area (Å²) in [6, 6.07) is 5.51. The predicted molar refractivity (Wildman–Crippen MR) is 99.0 cm³/mol. The van der Waals surface area contributed by atoms with Crippen molar-refractivity contribution in [3.63, 3.8) is 0 Å². The van der Waals surface area contributed by atoms with E-state index in [2.05, 4.69) is 25.4 Å². The first kappa shape index (κ1) is 17.6. The van der Waals surface area contributed by atoms with E-state index in [1.807, 2.05) is 18.2 Å². The molecule has 2 N–H and O–H groups in total. The van der Waals surface area contributed by atoms with E-state index in [1.165, 1.54) is 19.3 Å². The van der Waals surface area contributed by atoms with Crippen LogP contribution in [0, 0.1) is 0 Å². The summed E-state index contributed by atoms with van der Waals surface area (Å²) in [4.78, 5) is 12.1. The highest BCUT2D eigenvalue weighted by Gasteiger charge is 2.15. The van der Waals surface area contributed by atoms with Crippen LogP contribution < -0.4 is 20.1 Å². The fourth-order valence-electron chi connectivity index (χ4n) is 3.46. The summed E-state index contributed by atoms with van der Waals surface area (Å²) in [7, 11) is 0. The first-order valence-electron chi connectivity index (χ1n) is 9.61. The second kappa shape index (κ2) is 8.28. The van der Waals surface area contributed by atoms with Crippen LogP contribution in [0.4, 0.5) is 4.79 Å². The first-order chi connectivity index (χ1) is 13.3. The van der Waals surface area contributed by atoms with Gasteiger partial charge in [0.1, 0.15) is 24.9 Å². The molecule has 1 aromatic carbocycles. The summed E-state index contributed by atoms with van der Waals surface area (Å²) in [5.74, 6) is 3.51. The quantitative estimate of drug-likeness (QED) is 0.837. The lowest BCUT2D eigenvalue weighted by Gasteiger charge is -2.19. The van der Waals surface area contributed by atoms with Crippen LogP contribution in [0.1, 0.15) is 36.5 Å². The molecule has 2 amide bonds. The van der Waals surface area contributed by atoms with Gasteiger partial charge in [-0.3, -0.25) is 0 Å². The molecular weight excluding hydrogens is 346 g/mol. The Balaban J connectivity index is 1.23. The second-order valence-electron chi connectivity index (χ2n) is 6.83. The van der Waals surface area contributed by atoms with Crippen molar-refractivity contribution in [2.75, 3.05) is 19.8 Å². The zero-order chi connectivity index (χ0) is 18.5. The molecule has 8 heteroatoms. The Bertz CT molecular complexity index is 805. The number of urea groups is 1. The van der Waals surface area contributed by atoms with Gasteiger partial charge in [-0.2, -0.15) is 0 Å². The molecule has 0 bridgehead atoms. The number of nitrogens with zero attached hydrogens (tertiary/aromatic N) is 3. The van der Waals surface area contributed by atoms with Crippen molar-refractivity contribution >= 4 is 6.03 Å². The third-order valence-electron chi connectivity index (χ3n) is 4.88. The van der Waals surface area contributed by atoms with Crippen LogP contribution in [0.15, 0.2) is 18.2 Å². The lowest BCUT2D eigenvalue weighted by atomic mass is 10.2. The maximum Gasteiger partial charge on any atom is 0.315 e. The minimum absolute atomic E-state index is 0.194. The van der Waals surface area contributed by atoms with E-state index >= 15 is 0 Å². The van der Waals surface area contributed by atoms with Crippen molar-refractivity contribution in [1.82, 2.24) is 25.4 Å². The predicted octanol–water partition coefficient (Wildman–Crippen LogP) is 1.82. The van der Waals surface area contributed by atoms with Gasteiger partial charge in [-0.05, 0) is 30.5 Å². The third-order valence-corrected chi connectivity index (χ3v) is 4.88. The molecule has 0 saturated heterocycles. The van der Waals surface area contributed by atoms with Gasteiger partial charge in [-0.25, -0.2) is 4.79 Å². The molecular formula is C19H25N5O3. The minimum atomic E-state index is -0.194. The van der Waals surface area contributed by atoms with Gasteiger partial charge in [0, 0.05) is 32.5 Å². The molecule has 2 aromatic rings. The largest absolute Gasteiger partial charge is 0.486 e. The topological polar surface area (TPSA) is 90.3 Å². The summed E-state index contributed by atoms with van der Waals surface area (Å²) in [5, 5.41) is 14.3. The van der Waals surface area contributed by atoms with E-state index in [1.54, 1.807) is 0 Å². The molecule has 3 heterocycles. The molecule has 0 aliphatic carbocycles. The molecule has 0 atom stereocenters. The van der Waals surface area contributed by atoms with Crippen LogP contribution in [-0.2, 0) is 25.9 Å². The van der Waals surface area contributed by atoms with E-state index in [0.29, 0.717) is 32.7 Å². The summed E-state index contributed by atoms with van der Waals surface area (Å²) in [5.41, 5.74) is 0.970. The molecule has 0 unspecified atom stereocenters. The molecule has 8 nitrogen and oxygen atoms in total. The molecule has 0 fully saturated rings. The molecule has 4 rings (SSSR count). The molecule has 144 valence electrons. The van der Waals surface area contributed by atoms with Gasteiger partial charge in [0.25, 0.3) is 0 Å². The zero-order valence-corrected chi connectivity index (χ0v) is 15.4. The second-order valence-corrected chi connectivity index (χ2v) is 6.83. The maximum absolute atomic E-state index is 12.1. The average Bonchev–Trinajstić information content (AvgIpc) is 2.92. The number of benzene rings is 1. The Hall–Kier alpha value is -2.77. The van der Waals surface area contributed by atoms with E-state index in [0.717, 1.165) is 41.7 Å². The minimum Gasteiger partial charge on any atom is -0.486 e. The molecule has 1 aromatic heterocycles. The lowest BCUT2D eigenvalue weighted by molar-refractivity contribution is 0.171. The van der Waals surface area contributed by atoms with Crippen molar-refractivity contribution in [1.29, 1.82) is 0 Å². The van der Waals surface area contributed by atoms with Crippen molar-refractivity contribution in [3.05, 3.63) is 35.4 Å². The number of aryl methyl sites for hydroxylation is 1. The van der Waals surface area contributed by atoms with Gasteiger partial charge in [-0.1, -0.05) is 12.5 Å². The monoisotopic (exact) mass is 371 g/mol. The number of hydrogen-bond acceptors (Lipinski definition) is 5. The number of fused-ring (bicyclic) bond motifs is 2. The van der Waals surface area contributed by atoms with E-state index < -0.39 is 0 Å². The Morgan fingerprint density at radius 1 is 1.07 bits per heavy atom. The number of carbonyl (C=O) groups excluding carboxylic acids is 1. The first-order valence-corrected chi connectivity index (χ1v) is 9.61. The van der Waals surface area contributed by atoms with Crippen molar-refractivity contribution < 1.29 is 14.3 Å². The molecule has 2 aliphatic rings. The van der Waals surface area contributed by atoms with E-state index in [-0.39, 0.29) is 6.03 Å². The summed E-state index contributed by atoms with van der Waals surface area (Å²) in [6.07, 6.45) is 5.27. The Morgan fingerprint density at radius 2 is 1.96 bits per heavy atom. The van der Waals surface area contributed by atoms with Gasteiger partial charge < -0.3 is 24.7 Å². The van der Waals surface area contributed by atoms with Crippen molar-refractivity contribution in [3.8, 4) is 11.5 Å². The molecule has 2 aliphatic heterocycles. The van der Waals surface area contributed by atoms with Gasteiger partial charge in [-0.15, -0.1) is 10.2 Å². The molecule has 0 saturated carbocycles. The summed E-state index contributed by atoms with van der Waals surface area (Å²) in [6.45, 7) is 3.07. The number of aromatic nitrogens is 3. The van der Waals surface area contributed by atoms with Crippen LogP contribution in [0.25, 0.3) is 0 Å². The van der Waals surface area contributed by atoms with E-state index in [4.69, 9.17) is 9.47 Å². The highest BCUT2D eigenvalue weighted by Crippen LogP contribution is 2.30. The van der Waals surface area contributed by atoms with Gasteiger partial charge in [0.2, 0.25) is 0 Å². The smallest absolute Gasteiger partial charge is 0.315 e. The number of rotatable bonds is 5. The Labute approximate surface area is 158 Å². The standard InChI is InChI=1S/C19H25N5O3/c25-19(21-13-14-5-6-15-16(12-14)27-11-10-26-15)20-8-7-18-23-22-17-4-2-1-3-9-24(17)18/h5-6,12H,1-4,7-11,13H2,(H2,20,21,25). The zero-order valence-electron chi connectivity index (χ0n) is 15.4. The van der Waals surface area contributed by atoms with Crippen LogP contribution in [0.2, 0.25) is 0 Å². The Kier molecular flexibility index (Phi) is 5.41. The summed E-state index contributed by atoms with van der Waals surface area (Å²) >= 11 is 0. The number of hydrogen-bond donors (Lipinski definition) is 2. The lowest BCUT2D eigenvalue weighted by Crippen LogP contribution is -2.36. The fourth-order valence-corrected chi connectivity index (χ4v) is 3.46. The fraction of sp³-hybridized carbons (Fsp3) is 0.526. The number of carbonyl (C=O) groups is 1. The number of amides is 2. The van der Waals surface area contributed by atoms with Crippen molar-refractivity contribution in [2.24, 2.45) is 0 Å². The average molecular weight is 371 g/mol. The highest BCUT2D eigenvalue weighted by atomic mass is 16.6. The van der Waals surface area contributed by atoms with Crippen LogP contribution in [0.3, 0.4) is 0 Å². The van der Waals surface area contributed by atoms with Gasteiger partial charge in [0.05, 0.1) is 0 Å². The molecule has 0 spiro atoms. The normalized spacial score (nSPS) is 15.6. The molecule has 27 heavy (non-hydrogen) atoms. The number of nitrogens with one attached hydrogen (secondary N) is 2. The summed E-state index contributed by atoms with van der Waals surface area (Å²) < 4.78 is 13.3. The third kappa shape index (κ3) is 4.32. The molecule has 0 radical (unpaired) electrons. The maximum atomic E-state index is 12.1. The SMILES string of the molecule is O=C(NCCc1nnc2n1CCCCC2)NCc1ccc2c(c1)OCCO2. The van der Waals surface area contributed by atoms with Crippen LogP contribution >= 0.6 is 0 Å². The van der Waals surface area contributed by atoms with Gasteiger partial charge in [0.15, 0.2) is 11.5 Å². The van der Waals surface area contributed by atoms with Crippen molar-refractivity contribution in [2.45, 2.75) is 45.2 Å². The van der Waals surface area contributed by atoms with Crippen LogP contribution in [0.5, 0.6) is 11.5 Å². The van der Waals surface area contributed by atoms with Gasteiger partial charge >= 0.3 is 6.03 Å². The number of ether oxygens (including phenoxy) is 2. The van der Waals surface area contributed by atoms with Crippen LogP contribution in [-0.4, -0.2) is 40.6 Å². The Morgan fingerprint density at radius 3 is 2.89 bits per heavy atom. The van der Waals surface area contributed by atoms with E-state index in [9.17, 15) is 4.79 Å². The highest BCUT2D eigenvalue weighted by molar-refractivity contribution is 5.73.